The number of ketones is 1. The molecule has 21 heavy (non-hydrogen) atoms. The van der Waals surface area contributed by atoms with E-state index in [4.69, 9.17) is 9.47 Å². The summed E-state index contributed by atoms with van der Waals surface area (Å²) in [5.41, 5.74) is 2.12. The molecule has 0 saturated carbocycles. The summed E-state index contributed by atoms with van der Waals surface area (Å²) < 4.78 is 10.5. The Morgan fingerprint density at radius 2 is 2.10 bits per heavy atom. The van der Waals surface area contributed by atoms with Crippen LogP contribution in [0.4, 0.5) is 0 Å². The third kappa shape index (κ3) is 3.03. The molecule has 5 heteroatoms. The highest BCUT2D eigenvalue weighted by molar-refractivity contribution is 5.96. The molecule has 1 unspecified atom stereocenters. The van der Waals surface area contributed by atoms with Gasteiger partial charge >= 0.3 is 5.97 Å². The molecule has 1 fully saturated rings. The van der Waals surface area contributed by atoms with Crippen LogP contribution >= 0.6 is 0 Å². The van der Waals surface area contributed by atoms with Gasteiger partial charge in [0.25, 0.3) is 0 Å². The van der Waals surface area contributed by atoms with E-state index < -0.39 is 5.97 Å². The monoisotopic (exact) mass is 285 g/mol. The molecular weight excluding hydrogens is 270 g/mol. The van der Waals surface area contributed by atoms with Crippen LogP contribution in [0, 0.1) is 0 Å². The van der Waals surface area contributed by atoms with Crippen molar-refractivity contribution in [1.29, 1.82) is 0 Å². The van der Waals surface area contributed by atoms with Gasteiger partial charge in [0.05, 0.1) is 17.4 Å². The number of esters is 1. The maximum atomic E-state index is 12.2. The van der Waals surface area contributed by atoms with E-state index in [0.29, 0.717) is 12.0 Å². The van der Waals surface area contributed by atoms with Gasteiger partial charge in [-0.2, -0.15) is 0 Å². The van der Waals surface area contributed by atoms with Crippen molar-refractivity contribution in [1.82, 2.24) is 4.98 Å². The van der Waals surface area contributed by atoms with Gasteiger partial charge in [-0.1, -0.05) is 30.3 Å². The third-order valence-corrected chi connectivity index (χ3v) is 3.37. The smallest absolute Gasteiger partial charge is 0.340 e. The van der Waals surface area contributed by atoms with Crippen LogP contribution in [-0.2, 0) is 14.3 Å². The van der Waals surface area contributed by atoms with Crippen molar-refractivity contribution in [3.63, 3.8) is 0 Å². The zero-order valence-corrected chi connectivity index (χ0v) is 11.4. The molecule has 2 heterocycles. The largest absolute Gasteiger partial charge is 0.459 e. The van der Waals surface area contributed by atoms with E-state index in [1.165, 1.54) is 0 Å². The lowest BCUT2D eigenvalue weighted by Gasteiger charge is -2.10. The van der Waals surface area contributed by atoms with Crippen LogP contribution in [0.15, 0.2) is 42.6 Å². The number of benzene rings is 1. The lowest BCUT2D eigenvalue weighted by molar-refractivity contribution is -0.117. The van der Waals surface area contributed by atoms with Crippen LogP contribution in [0.5, 0.6) is 0 Å². The second-order valence-corrected chi connectivity index (χ2v) is 4.91. The summed E-state index contributed by atoms with van der Waals surface area (Å²) in [6.45, 7) is 0.214. The average molecular weight is 285 g/mol. The predicted molar refractivity (Wildman–Crippen MR) is 75.9 cm³/mol. The van der Waals surface area contributed by atoms with Gasteiger partial charge < -0.3 is 14.5 Å². The maximum absolute atomic E-state index is 12.2. The fourth-order valence-corrected chi connectivity index (χ4v) is 2.32. The van der Waals surface area contributed by atoms with E-state index >= 15 is 0 Å². The van der Waals surface area contributed by atoms with Crippen LogP contribution in [0.2, 0.25) is 0 Å². The Kier molecular flexibility index (Phi) is 3.83. The number of hydrogen-bond donors (Lipinski definition) is 1. The molecule has 0 bridgehead atoms. The normalized spacial score (nSPS) is 17.9. The summed E-state index contributed by atoms with van der Waals surface area (Å²) >= 11 is 0. The summed E-state index contributed by atoms with van der Waals surface area (Å²) in [5, 5.41) is 0. The van der Waals surface area contributed by atoms with Crippen molar-refractivity contribution >= 4 is 11.8 Å². The Bertz CT molecular complexity index is 647. The summed E-state index contributed by atoms with van der Waals surface area (Å²) in [6.07, 6.45) is 1.70. The van der Waals surface area contributed by atoms with Crippen molar-refractivity contribution in [2.24, 2.45) is 0 Å². The van der Waals surface area contributed by atoms with Crippen molar-refractivity contribution < 1.29 is 19.1 Å². The second-order valence-electron chi connectivity index (χ2n) is 4.91. The van der Waals surface area contributed by atoms with Gasteiger partial charge in [0.15, 0.2) is 5.78 Å². The minimum atomic E-state index is -0.418. The molecule has 1 atom stereocenters. The minimum absolute atomic E-state index is 0.0441. The Balaban J connectivity index is 1.68. The highest BCUT2D eigenvalue weighted by Crippen LogP contribution is 2.22. The molecule has 1 N–H and O–H groups in total. The van der Waals surface area contributed by atoms with E-state index in [9.17, 15) is 9.59 Å². The fraction of sp³-hybridized carbons (Fsp3) is 0.250. The van der Waals surface area contributed by atoms with Gasteiger partial charge in [-0.25, -0.2) is 4.79 Å². The number of H-pyrrole nitrogens is 1. The highest BCUT2D eigenvalue weighted by Gasteiger charge is 2.25. The van der Waals surface area contributed by atoms with E-state index in [-0.39, 0.29) is 25.1 Å². The minimum Gasteiger partial charge on any atom is -0.459 e. The molecule has 1 aromatic heterocycles. The first-order valence-electron chi connectivity index (χ1n) is 6.77. The summed E-state index contributed by atoms with van der Waals surface area (Å²) in [7, 11) is 0. The number of carbonyl (C=O) groups is 2. The number of aromatic nitrogens is 1. The molecule has 1 aliphatic rings. The Morgan fingerprint density at radius 3 is 2.81 bits per heavy atom. The van der Waals surface area contributed by atoms with Gasteiger partial charge in [0.1, 0.15) is 13.2 Å². The van der Waals surface area contributed by atoms with Gasteiger partial charge in [-0.15, -0.1) is 0 Å². The predicted octanol–water partition coefficient (Wildman–Crippen LogP) is 2.20. The first kappa shape index (κ1) is 13.6. The van der Waals surface area contributed by atoms with Crippen LogP contribution in [0.25, 0.3) is 11.3 Å². The Morgan fingerprint density at radius 1 is 1.29 bits per heavy atom. The van der Waals surface area contributed by atoms with E-state index in [2.05, 4.69) is 4.98 Å². The van der Waals surface area contributed by atoms with Crippen LogP contribution in [0.1, 0.15) is 16.8 Å². The Labute approximate surface area is 121 Å². The average Bonchev–Trinajstić information content (AvgIpc) is 3.14. The highest BCUT2D eigenvalue weighted by atomic mass is 16.6. The molecule has 108 valence electrons. The van der Waals surface area contributed by atoms with E-state index in [1.807, 2.05) is 30.3 Å². The summed E-state index contributed by atoms with van der Waals surface area (Å²) in [6, 6.07) is 11.2. The molecule has 5 nitrogen and oxygen atoms in total. The second kappa shape index (κ2) is 5.93. The number of rotatable bonds is 4. The van der Waals surface area contributed by atoms with Crippen LogP contribution in [-0.4, -0.2) is 36.1 Å². The third-order valence-electron chi connectivity index (χ3n) is 3.37. The molecule has 0 spiro atoms. The lowest BCUT2D eigenvalue weighted by atomic mass is 10.1. The van der Waals surface area contributed by atoms with Gasteiger partial charge in [0, 0.05) is 12.6 Å². The van der Waals surface area contributed by atoms with Crippen LogP contribution in [0.3, 0.4) is 0 Å². The summed E-state index contributed by atoms with van der Waals surface area (Å²) in [4.78, 5) is 26.3. The van der Waals surface area contributed by atoms with E-state index in [1.54, 1.807) is 12.3 Å². The summed E-state index contributed by atoms with van der Waals surface area (Å²) in [5.74, 6) is -0.374. The number of Topliss-reactive ketones (excluding diaryl/α,β-unsaturated/α-hetero) is 1. The molecule has 0 radical (unpaired) electrons. The molecule has 0 amide bonds. The van der Waals surface area contributed by atoms with E-state index in [0.717, 1.165) is 11.3 Å². The number of aromatic amines is 1. The van der Waals surface area contributed by atoms with Crippen molar-refractivity contribution in [2.75, 3.05) is 13.2 Å². The molecule has 1 aromatic carbocycles. The topological polar surface area (TPSA) is 68.4 Å². The SMILES string of the molecule is O=C1COC(COC(=O)c2cc[nH]c2-c2ccccc2)C1. The Hall–Kier alpha value is -2.40. The molecule has 2 aromatic rings. The standard InChI is InChI=1S/C16H15NO4/c18-12-8-13(20-9-12)10-21-16(19)14-6-7-17-15(14)11-4-2-1-3-5-11/h1-7,13,17H,8-10H2. The van der Waals surface area contributed by atoms with Crippen molar-refractivity contribution in [2.45, 2.75) is 12.5 Å². The number of hydrogen-bond acceptors (Lipinski definition) is 4. The maximum Gasteiger partial charge on any atom is 0.340 e. The molecular formula is C16H15NO4. The van der Waals surface area contributed by atoms with Gasteiger partial charge in [-0.05, 0) is 11.6 Å². The lowest BCUT2D eigenvalue weighted by Crippen LogP contribution is -2.18. The zero-order chi connectivity index (χ0) is 14.7. The van der Waals surface area contributed by atoms with Crippen molar-refractivity contribution in [3.05, 3.63) is 48.2 Å². The molecule has 1 saturated heterocycles. The number of carbonyl (C=O) groups excluding carboxylic acids is 2. The molecule has 0 aliphatic carbocycles. The van der Waals surface area contributed by atoms with Gasteiger partial charge in [-0.3, -0.25) is 4.79 Å². The first-order chi connectivity index (χ1) is 10.2. The molecule has 3 rings (SSSR count). The van der Waals surface area contributed by atoms with Gasteiger partial charge in [0.2, 0.25) is 0 Å². The first-order valence-corrected chi connectivity index (χ1v) is 6.77. The number of nitrogens with one attached hydrogen (secondary N) is 1. The molecule has 1 aliphatic heterocycles. The fourth-order valence-electron chi connectivity index (χ4n) is 2.32. The number of ether oxygens (including phenoxy) is 2. The van der Waals surface area contributed by atoms with Crippen molar-refractivity contribution in [3.8, 4) is 11.3 Å². The zero-order valence-electron chi connectivity index (χ0n) is 11.4. The van der Waals surface area contributed by atoms with Crippen LogP contribution < -0.4 is 0 Å². The quantitative estimate of drug-likeness (QED) is 0.874.